The highest BCUT2D eigenvalue weighted by molar-refractivity contribution is 5.95. The van der Waals surface area contributed by atoms with E-state index in [2.05, 4.69) is 0 Å². The molecule has 4 rings (SSSR count). The lowest BCUT2D eigenvalue weighted by Crippen LogP contribution is -2.29. The lowest BCUT2D eigenvalue weighted by molar-refractivity contribution is 0.0695. The summed E-state index contributed by atoms with van der Waals surface area (Å²) in [4.78, 5) is 25.9. The van der Waals surface area contributed by atoms with Crippen molar-refractivity contribution in [3.05, 3.63) is 39.2 Å². The van der Waals surface area contributed by atoms with Crippen LogP contribution >= 0.6 is 0 Å². The summed E-state index contributed by atoms with van der Waals surface area (Å²) in [6.07, 6.45) is 3.51. The molecule has 1 saturated heterocycles. The van der Waals surface area contributed by atoms with Crippen LogP contribution in [0.15, 0.2) is 11.0 Å². The largest absolute Gasteiger partial charge is 0.477 e. The highest BCUT2D eigenvalue weighted by Gasteiger charge is 2.34. The number of carbonyl (C=O) groups is 1. The molecule has 2 aromatic rings. The maximum atomic E-state index is 15.6. The Kier molecular flexibility index (Phi) is 4.18. The van der Waals surface area contributed by atoms with Gasteiger partial charge in [0.2, 0.25) is 5.43 Å². The predicted molar refractivity (Wildman–Crippen MR) is 97.5 cm³/mol. The van der Waals surface area contributed by atoms with Crippen molar-refractivity contribution in [2.45, 2.75) is 44.7 Å². The molecule has 2 heterocycles. The highest BCUT2D eigenvalue weighted by Crippen LogP contribution is 2.41. The Morgan fingerprint density at radius 2 is 2.00 bits per heavy atom. The van der Waals surface area contributed by atoms with E-state index >= 15 is 8.78 Å². The summed E-state index contributed by atoms with van der Waals surface area (Å²) in [5.74, 6) is -3.00. The minimum Gasteiger partial charge on any atom is -0.477 e. The van der Waals surface area contributed by atoms with E-state index in [1.165, 1.54) is 10.8 Å². The van der Waals surface area contributed by atoms with Gasteiger partial charge in [-0.05, 0) is 25.7 Å². The van der Waals surface area contributed by atoms with Crippen molar-refractivity contribution in [1.29, 1.82) is 0 Å². The van der Waals surface area contributed by atoms with Crippen molar-refractivity contribution in [3.63, 3.8) is 0 Å². The minimum atomic E-state index is -1.39. The fourth-order valence-electron chi connectivity index (χ4n) is 3.99. The topological polar surface area (TPSA) is 88.6 Å². The molecular weight excluding hydrogens is 356 g/mol. The molecule has 1 aliphatic heterocycles. The molecule has 8 heteroatoms. The maximum absolute atomic E-state index is 15.6. The van der Waals surface area contributed by atoms with Crippen LogP contribution in [0, 0.1) is 11.6 Å². The van der Waals surface area contributed by atoms with Crippen molar-refractivity contribution in [2.75, 3.05) is 18.0 Å². The fourth-order valence-corrected chi connectivity index (χ4v) is 3.99. The molecule has 27 heavy (non-hydrogen) atoms. The monoisotopic (exact) mass is 377 g/mol. The number of hydrogen-bond donors (Lipinski definition) is 2. The second-order valence-electron chi connectivity index (χ2n) is 7.34. The van der Waals surface area contributed by atoms with Crippen LogP contribution in [-0.2, 0) is 6.42 Å². The number of rotatable bonds is 4. The van der Waals surface area contributed by atoms with Crippen LogP contribution < -0.4 is 16.1 Å². The number of halogens is 2. The number of aromatic carboxylic acids is 1. The van der Waals surface area contributed by atoms with Crippen LogP contribution in [0.4, 0.5) is 14.5 Å². The fraction of sp³-hybridized carbons (Fsp3) is 0.474. The first-order chi connectivity index (χ1) is 12.8. The first-order valence-corrected chi connectivity index (χ1v) is 9.17. The molecule has 2 fully saturated rings. The highest BCUT2D eigenvalue weighted by atomic mass is 19.1. The summed E-state index contributed by atoms with van der Waals surface area (Å²) in [5.41, 5.74) is 4.50. The maximum Gasteiger partial charge on any atom is 0.341 e. The number of fused-ring (bicyclic) bond motifs is 1. The summed E-state index contributed by atoms with van der Waals surface area (Å²) in [6, 6.07) is -0.242. The molecule has 1 unspecified atom stereocenters. The first-order valence-electron chi connectivity index (χ1n) is 9.17. The Hall–Kier alpha value is -2.48. The van der Waals surface area contributed by atoms with Crippen molar-refractivity contribution < 1.29 is 18.7 Å². The molecular formula is C19H21F2N3O3. The van der Waals surface area contributed by atoms with Crippen LogP contribution in [0.2, 0.25) is 0 Å². The molecule has 0 bridgehead atoms. The SMILES string of the molecule is CCc1c(F)c(N2CCC(N)C2)c(F)c2c1c(=O)c(C(=O)O)cn2C1CC1. The van der Waals surface area contributed by atoms with Gasteiger partial charge in [-0.3, -0.25) is 4.79 Å². The number of nitrogens with zero attached hydrogens (tertiary/aromatic N) is 2. The Morgan fingerprint density at radius 3 is 2.52 bits per heavy atom. The van der Waals surface area contributed by atoms with E-state index < -0.39 is 28.6 Å². The molecule has 1 atom stereocenters. The molecule has 1 aromatic carbocycles. The molecule has 6 nitrogen and oxygen atoms in total. The molecule has 1 aliphatic carbocycles. The van der Waals surface area contributed by atoms with Gasteiger partial charge in [0.15, 0.2) is 11.6 Å². The quantitative estimate of drug-likeness (QED) is 0.854. The van der Waals surface area contributed by atoms with Gasteiger partial charge >= 0.3 is 5.97 Å². The van der Waals surface area contributed by atoms with E-state index in [0.29, 0.717) is 19.5 Å². The normalized spacial score (nSPS) is 19.9. The van der Waals surface area contributed by atoms with E-state index in [1.807, 2.05) is 0 Å². The van der Waals surface area contributed by atoms with E-state index in [9.17, 15) is 14.7 Å². The third-order valence-corrected chi connectivity index (χ3v) is 5.49. The number of hydrogen-bond acceptors (Lipinski definition) is 4. The van der Waals surface area contributed by atoms with Crippen molar-refractivity contribution >= 4 is 22.6 Å². The molecule has 3 N–H and O–H groups in total. The van der Waals surface area contributed by atoms with Gasteiger partial charge in [0.05, 0.1) is 10.9 Å². The predicted octanol–water partition coefficient (Wildman–Crippen LogP) is 2.41. The van der Waals surface area contributed by atoms with Crippen molar-refractivity contribution in [2.24, 2.45) is 5.73 Å². The third kappa shape index (κ3) is 2.70. The van der Waals surface area contributed by atoms with E-state index in [-0.39, 0.29) is 40.7 Å². The van der Waals surface area contributed by atoms with E-state index in [1.54, 1.807) is 11.8 Å². The average molecular weight is 377 g/mol. The Labute approximate surface area is 154 Å². The van der Waals surface area contributed by atoms with Crippen molar-refractivity contribution in [3.8, 4) is 0 Å². The van der Waals surface area contributed by atoms with E-state index in [4.69, 9.17) is 5.73 Å². The standard InChI is InChI=1S/C19H21F2N3O3/c1-2-11-13-16(15(21)17(14(11)20)23-6-5-9(22)7-23)24(10-3-4-10)8-12(18(13)25)19(26)27/h8-10H,2-7,22H2,1H3,(H,26,27). The van der Waals surface area contributed by atoms with Gasteiger partial charge in [-0.2, -0.15) is 0 Å². The molecule has 0 radical (unpaired) electrons. The van der Waals surface area contributed by atoms with Crippen LogP contribution in [0.3, 0.4) is 0 Å². The zero-order chi connectivity index (χ0) is 19.5. The number of carboxylic acids is 1. The lowest BCUT2D eigenvalue weighted by atomic mass is 10.00. The second-order valence-corrected chi connectivity index (χ2v) is 7.34. The number of anilines is 1. The zero-order valence-electron chi connectivity index (χ0n) is 15.0. The van der Waals surface area contributed by atoms with Gasteiger partial charge < -0.3 is 20.3 Å². The second kappa shape index (κ2) is 6.30. The molecule has 1 aromatic heterocycles. The Balaban J connectivity index is 2.12. The Bertz CT molecular complexity index is 1010. The molecule has 144 valence electrons. The van der Waals surface area contributed by atoms with Gasteiger partial charge in [0.1, 0.15) is 11.3 Å². The van der Waals surface area contributed by atoms with Gasteiger partial charge in [-0.25, -0.2) is 13.6 Å². The summed E-state index contributed by atoms with van der Waals surface area (Å²) in [7, 11) is 0. The first kappa shape index (κ1) is 17.9. The molecule has 1 saturated carbocycles. The number of nitrogens with two attached hydrogens (primary N) is 1. The third-order valence-electron chi connectivity index (χ3n) is 5.49. The number of carboxylic acid groups (broad SMARTS) is 1. The minimum absolute atomic E-state index is 0.00113. The zero-order valence-corrected chi connectivity index (χ0v) is 15.0. The smallest absolute Gasteiger partial charge is 0.341 e. The van der Waals surface area contributed by atoms with Gasteiger partial charge in [0, 0.05) is 36.9 Å². The number of pyridine rings is 1. The average Bonchev–Trinajstić information content (AvgIpc) is 3.37. The van der Waals surface area contributed by atoms with Gasteiger partial charge in [-0.15, -0.1) is 0 Å². The lowest BCUT2D eigenvalue weighted by Gasteiger charge is -2.24. The Morgan fingerprint density at radius 1 is 1.30 bits per heavy atom. The van der Waals surface area contributed by atoms with Crippen LogP contribution in [0.1, 0.15) is 48.1 Å². The summed E-state index contributed by atoms with van der Waals surface area (Å²) in [6.45, 7) is 2.44. The van der Waals surface area contributed by atoms with E-state index in [0.717, 1.165) is 12.8 Å². The summed E-state index contributed by atoms with van der Waals surface area (Å²) in [5, 5.41) is 9.23. The van der Waals surface area contributed by atoms with Crippen LogP contribution in [-0.4, -0.2) is 34.8 Å². The molecule has 0 amide bonds. The number of aromatic nitrogens is 1. The number of aryl methyl sites for hydroxylation is 1. The van der Waals surface area contributed by atoms with Crippen molar-refractivity contribution in [1.82, 2.24) is 4.57 Å². The van der Waals surface area contributed by atoms with Crippen LogP contribution in [0.25, 0.3) is 10.9 Å². The van der Waals surface area contributed by atoms with Crippen LogP contribution in [0.5, 0.6) is 0 Å². The van der Waals surface area contributed by atoms with Gasteiger partial charge in [-0.1, -0.05) is 6.92 Å². The molecule has 2 aliphatic rings. The summed E-state index contributed by atoms with van der Waals surface area (Å²) >= 11 is 0. The molecule has 0 spiro atoms. The summed E-state index contributed by atoms with van der Waals surface area (Å²) < 4.78 is 32.4. The number of benzene rings is 1. The van der Waals surface area contributed by atoms with Gasteiger partial charge in [0.25, 0.3) is 0 Å².